The van der Waals surface area contributed by atoms with Crippen LogP contribution in [0.5, 0.6) is 0 Å². The summed E-state index contributed by atoms with van der Waals surface area (Å²) in [5, 5.41) is 5.08. The predicted molar refractivity (Wildman–Crippen MR) is 168 cm³/mol. The Kier molecular flexibility index (Phi) is 7.72. The maximum Gasteiger partial charge on any atom is 0.243 e. The molecule has 1 amide bonds. The number of amides is 1. The van der Waals surface area contributed by atoms with E-state index in [-0.39, 0.29) is 11.9 Å². The molecule has 3 aliphatic rings. The molecule has 6 rings (SSSR count). The molecule has 1 unspecified atom stereocenters. The summed E-state index contributed by atoms with van der Waals surface area (Å²) in [5.41, 5.74) is 6.47. The van der Waals surface area contributed by atoms with Crippen molar-refractivity contribution in [3.63, 3.8) is 0 Å². The summed E-state index contributed by atoms with van der Waals surface area (Å²) in [6.07, 6.45) is 3.36. The van der Waals surface area contributed by atoms with E-state index in [2.05, 4.69) is 57.1 Å². The van der Waals surface area contributed by atoms with Gasteiger partial charge in [0.1, 0.15) is 12.4 Å². The lowest BCUT2D eigenvalue weighted by molar-refractivity contribution is -0.124. The zero-order valence-electron chi connectivity index (χ0n) is 25.2. The number of likely N-dealkylation sites (N-methyl/N-ethyl adjacent to an activating group) is 1. The van der Waals surface area contributed by atoms with Gasteiger partial charge in [-0.1, -0.05) is 26.6 Å². The average Bonchev–Trinajstić information content (AvgIpc) is 3.24. The van der Waals surface area contributed by atoms with Crippen molar-refractivity contribution in [1.82, 2.24) is 24.6 Å². The molecule has 11 heteroatoms. The third-order valence-electron chi connectivity index (χ3n) is 9.35. The Morgan fingerprint density at radius 2 is 2.07 bits per heavy atom. The molecule has 9 nitrogen and oxygen atoms in total. The molecule has 1 aromatic carbocycles. The highest BCUT2D eigenvalue weighted by molar-refractivity contribution is 9.10. The van der Waals surface area contributed by atoms with Crippen LogP contribution in [0.3, 0.4) is 0 Å². The molecule has 2 fully saturated rings. The number of morpholine rings is 1. The van der Waals surface area contributed by atoms with Crippen LogP contribution in [0.25, 0.3) is 22.6 Å². The number of anilines is 1. The standard InChI is InChI=1S/C30H43BrN6O3Si/c1-19(36-7-9-39-10-8-36)29(38)35(3)25-15-24-23(14-22(25)31)32-28(33-24)27-21-13-20-16-30(20,2)17-26(21)37(34-27)18-40-11-12-41(4,5)6/h14-15,19-20H,7-13,16-18H2,1-6H3,(H,32,33)/t19?,20-,30-/m1/s1. The molecule has 1 aliphatic heterocycles. The number of carbonyl (C=O) groups is 1. The number of aromatic nitrogens is 4. The molecule has 3 heterocycles. The first-order valence-corrected chi connectivity index (χ1v) is 19.4. The van der Waals surface area contributed by atoms with Gasteiger partial charge in [-0.15, -0.1) is 0 Å². The lowest BCUT2D eigenvalue weighted by Gasteiger charge is -2.33. The lowest BCUT2D eigenvalue weighted by Crippen LogP contribution is -2.50. The van der Waals surface area contributed by atoms with Gasteiger partial charge in [-0.2, -0.15) is 5.10 Å². The highest BCUT2D eigenvalue weighted by atomic mass is 79.9. The number of imidazole rings is 1. The molecule has 3 aromatic rings. The number of aromatic amines is 1. The number of hydrogen-bond donors (Lipinski definition) is 1. The minimum absolute atomic E-state index is 0.0529. The molecule has 0 bridgehead atoms. The van der Waals surface area contributed by atoms with Gasteiger partial charge in [-0.25, -0.2) is 9.67 Å². The summed E-state index contributed by atoms with van der Waals surface area (Å²) in [6.45, 7) is 15.6. The van der Waals surface area contributed by atoms with Crippen molar-refractivity contribution in [3.8, 4) is 11.5 Å². The summed E-state index contributed by atoms with van der Waals surface area (Å²) in [5.74, 6) is 1.55. The van der Waals surface area contributed by atoms with Crippen molar-refractivity contribution >= 4 is 46.6 Å². The number of fused-ring (bicyclic) bond motifs is 3. The fourth-order valence-corrected chi connectivity index (χ4v) is 7.72. The zero-order valence-corrected chi connectivity index (χ0v) is 27.8. The first kappa shape index (κ1) is 29.0. The molecule has 1 saturated heterocycles. The molecule has 41 heavy (non-hydrogen) atoms. The van der Waals surface area contributed by atoms with E-state index in [1.165, 1.54) is 17.7 Å². The molecule has 2 aliphatic carbocycles. The van der Waals surface area contributed by atoms with Crippen LogP contribution in [0.15, 0.2) is 16.6 Å². The molecule has 1 saturated carbocycles. The van der Waals surface area contributed by atoms with E-state index in [1.807, 2.05) is 26.1 Å². The molecule has 3 atom stereocenters. The van der Waals surface area contributed by atoms with Crippen molar-refractivity contribution in [1.29, 1.82) is 0 Å². The largest absolute Gasteiger partial charge is 0.379 e. The smallest absolute Gasteiger partial charge is 0.243 e. The van der Waals surface area contributed by atoms with Crippen molar-refractivity contribution in [3.05, 3.63) is 27.9 Å². The minimum Gasteiger partial charge on any atom is -0.379 e. The lowest BCUT2D eigenvalue weighted by atomic mass is 9.87. The van der Waals surface area contributed by atoms with Crippen molar-refractivity contribution in [2.75, 3.05) is 44.9 Å². The van der Waals surface area contributed by atoms with E-state index >= 15 is 0 Å². The van der Waals surface area contributed by atoms with E-state index < -0.39 is 8.07 Å². The zero-order chi connectivity index (χ0) is 29.1. The molecule has 222 valence electrons. The van der Waals surface area contributed by atoms with Gasteiger partial charge in [0, 0.05) is 50.5 Å². The molecule has 1 N–H and O–H groups in total. The summed E-state index contributed by atoms with van der Waals surface area (Å²) >= 11 is 3.72. The highest BCUT2D eigenvalue weighted by Gasteiger charge is 2.54. The number of nitrogens with one attached hydrogen (secondary N) is 1. The SMILES string of the molecule is CC(C(=O)N(C)c1cc2nc(-c3nn(COCC[Si](C)(C)C)c4c3C[C@@H]3C[C@]3(C)C4)[nH]c2cc1Br)N1CCOCC1. The predicted octanol–water partition coefficient (Wildman–Crippen LogP) is 5.31. The number of hydrogen-bond acceptors (Lipinski definition) is 6. The summed E-state index contributed by atoms with van der Waals surface area (Å²) in [6, 6.07) is 4.93. The van der Waals surface area contributed by atoms with E-state index in [4.69, 9.17) is 19.6 Å². The topological polar surface area (TPSA) is 88.5 Å². The van der Waals surface area contributed by atoms with Crippen molar-refractivity contribution < 1.29 is 14.3 Å². The van der Waals surface area contributed by atoms with E-state index in [1.54, 1.807) is 4.90 Å². The van der Waals surface area contributed by atoms with Crippen LogP contribution >= 0.6 is 15.9 Å². The number of carbonyl (C=O) groups excluding carboxylic acids is 1. The van der Waals surface area contributed by atoms with Crippen molar-refractivity contribution in [2.24, 2.45) is 11.3 Å². The van der Waals surface area contributed by atoms with Crippen LogP contribution in [0, 0.1) is 11.3 Å². The maximum absolute atomic E-state index is 13.4. The van der Waals surface area contributed by atoms with Crippen LogP contribution in [-0.2, 0) is 33.8 Å². The second kappa shape index (κ2) is 10.9. The Morgan fingerprint density at radius 3 is 2.80 bits per heavy atom. The van der Waals surface area contributed by atoms with Crippen LogP contribution in [0.4, 0.5) is 5.69 Å². The number of nitrogens with zero attached hydrogens (tertiary/aromatic N) is 5. The number of halogens is 1. The van der Waals surface area contributed by atoms with Gasteiger partial charge in [0.25, 0.3) is 0 Å². The average molecular weight is 644 g/mol. The Balaban J connectivity index is 1.27. The molecular formula is C30H43BrN6O3Si. The third kappa shape index (κ3) is 5.80. The van der Waals surface area contributed by atoms with Gasteiger partial charge in [-0.05, 0) is 71.6 Å². The van der Waals surface area contributed by atoms with Crippen LogP contribution in [0.2, 0.25) is 25.7 Å². The van der Waals surface area contributed by atoms with Gasteiger partial charge in [-0.3, -0.25) is 9.69 Å². The Hall–Kier alpha value is -2.05. The molecule has 2 aromatic heterocycles. The van der Waals surface area contributed by atoms with Gasteiger partial charge in [0.2, 0.25) is 5.91 Å². The number of ether oxygens (including phenoxy) is 2. The van der Waals surface area contributed by atoms with Gasteiger partial charge < -0.3 is 19.4 Å². The summed E-state index contributed by atoms with van der Waals surface area (Å²) in [4.78, 5) is 25.9. The summed E-state index contributed by atoms with van der Waals surface area (Å²) < 4.78 is 14.5. The molecular weight excluding hydrogens is 600 g/mol. The van der Waals surface area contributed by atoms with Gasteiger partial charge >= 0.3 is 0 Å². The maximum atomic E-state index is 13.4. The first-order valence-electron chi connectivity index (χ1n) is 14.9. The van der Waals surface area contributed by atoms with Crippen LogP contribution in [-0.4, -0.2) is 84.6 Å². The minimum atomic E-state index is -1.15. The first-order chi connectivity index (χ1) is 19.4. The van der Waals surface area contributed by atoms with Crippen LogP contribution < -0.4 is 4.90 Å². The number of benzene rings is 1. The van der Waals surface area contributed by atoms with E-state index in [9.17, 15) is 4.79 Å². The number of H-pyrrole nitrogens is 1. The normalized spacial score (nSPS) is 23.3. The van der Waals surface area contributed by atoms with Gasteiger partial charge in [0.15, 0.2) is 5.82 Å². The van der Waals surface area contributed by atoms with Crippen LogP contribution in [0.1, 0.15) is 31.5 Å². The summed E-state index contributed by atoms with van der Waals surface area (Å²) in [7, 11) is 0.687. The molecule has 0 radical (unpaired) electrons. The Morgan fingerprint density at radius 1 is 1.32 bits per heavy atom. The van der Waals surface area contributed by atoms with Gasteiger partial charge in [0.05, 0.1) is 36.0 Å². The fraction of sp³-hybridized carbons (Fsp3) is 0.633. The highest BCUT2D eigenvalue weighted by Crippen LogP contribution is 2.60. The second-order valence-corrected chi connectivity index (χ2v) is 20.2. The molecule has 0 spiro atoms. The monoisotopic (exact) mass is 642 g/mol. The third-order valence-corrected chi connectivity index (χ3v) is 11.7. The second-order valence-electron chi connectivity index (χ2n) is 13.7. The van der Waals surface area contributed by atoms with Crippen molar-refractivity contribution in [2.45, 2.75) is 71.6 Å². The van der Waals surface area contributed by atoms with E-state index in [0.29, 0.717) is 25.4 Å². The quantitative estimate of drug-likeness (QED) is 0.251. The Labute approximate surface area is 252 Å². The van der Waals surface area contributed by atoms with E-state index in [0.717, 1.165) is 77.2 Å². The fourth-order valence-electron chi connectivity index (χ4n) is 6.35. The number of rotatable bonds is 9. The Bertz CT molecular complexity index is 1460.